The smallest absolute Gasteiger partial charge is 0.244 e. The quantitative estimate of drug-likeness (QED) is 0.730. The lowest BCUT2D eigenvalue weighted by molar-refractivity contribution is -0.131. The van der Waals surface area contributed by atoms with E-state index in [1.54, 1.807) is 11.2 Å². The van der Waals surface area contributed by atoms with E-state index in [0.29, 0.717) is 19.5 Å². The minimum atomic E-state index is -0.711. The van der Waals surface area contributed by atoms with Gasteiger partial charge in [0.15, 0.2) is 0 Å². The fraction of sp³-hybridized carbons (Fsp3) is 0.500. The second-order valence-corrected chi connectivity index (χ2v) is 5.90. The highest BCUT2D eigenvalue weighted by molar-refractivity contribution is 5.89. The number of allylic oxidation sites excluding steroid dienone is 1. The van der Waals surface area contributed by atoms with Crippen molar-refractivity contribution in [2.24, 2.45) is 10.7 Å². The normalized spacial score (nSPS) is 17.3. The molecule has 1 aromatic rings. The average molecular weight is 330 g/mol. The van der Waals surface area contributed by atoms with Crippen LogP contribution in [0, 0.1) is 0 Å². The third-order valence-electron chi connectivity index (χ3n) is 4.23. The monoisotopic (exact) mass is 330 g/mol. The zero-order valence-electron chi connectivity index (χ0n) is 13.7. The van der Waals surface area contributed by atoms with Gasteiger partial charge in [0.1, 0.15) is 11.4 Å². The Morgan fingerprint density at radius 2 is 2.33 bits per heavy atom. The van der Waals surface area contributed by atoms with Gasteiger partial charge >= 0.3 is 0 Å². The SMILES string of the molecule is CCNC(=O)CC[C@H](N)C(=O)N1Cc2[nH]cnc2C2=C1CCC=N2. The van der Waals surface area contributed by atoms with E-state index < -0.39 is 6.04 Å². The number of aliphatic imine (C=N–C) groups is 1. The molecule has 24 heavy (non-hydrogen) atoms. The van der Waals surface area contributed by atoms with Gasteiger partial charge in [-0.2, -0.15) is 0 Å². The van der Waals surface area contributed by atoms with Gasteiger partial charge in [-0.1, -0.05) is 0 Å². The molecule has 3 rings (SSSR count). The molecule has 0 unspecified atom stereocenters. The molecule has 4 N–H and O–H groups in total. The Kier molecular flexibility index (Phi) is 4.75. The summed E-state index contributed by atoms with van der Waals surface area (Å²) >= 11 is 0. The summed E-state index contributed by atoms with van der Waals surface area (Å²) in [5, 5.41) is 2.71. The molecule has 2 amide bonds. The van der Waals surface area contributed by atoms with E-state index in [4.69, 9.17) is 5.73 Å². The van der Waals surface area contributed by atoms with Crippen LogP contribution in [0.5, 0.6) is 0 Å². The average Bonchev–Trinajstić information content (AvgIpc) is 3.07. The maximum Gasteiger partial charge on any atom is 0.244 e. The highest BCUT2D eigenvalue weighted by Crippen LogP contribution is 2.35. The van der Waals surface area contributed by atoms with Crippen molar-refractivity contribution in [2.45, 2.75) is 45.2 Å². The minimum absolute atomic E-state index is 0.0857. The van der Waals surface area contributed by atoms with Crippen LogP contribution in [-0.2, 0) is 16.1 Å². The number of imidazole rings is 1. The number of carbonyl (C=O) groups is 2. The van der Waals surface area contributed by atoms with E-state index in [-0.39, 0.29) is 18.2 Å². The Morgan fingerprint density at radius 1 is 1.50 bits per heavy atom. The summed E-state index contributed by atoms with van der Waals surface area (Å²) in [5.74, 6) is -0.262. The van der Waals surface area contributed by atoms with Crippen LogP contribution in [-0.4, -0.2) is 45.5 Å². The van der Waals surface area contributed by atoms with Gasteiger partial charge in [0.2, 0.25) is 11.8 Å². The van der Waals surface area contributed by atoms with E-state index in [1.807, 2.05) is 13.1 Å². The first-order chi connectivity index (χ1) is 11.6. The first-order valence-corrected chi connectivity index (χ1v) is 8.23. The fourth-order valence-corrected chi connectivity index (χ4v) is 3.02. The Morgan fingerprint density at radius 3 is 3.12 bits per heavy atom. The van der Waals surface area contributed by atoms with Gasteiger partial charge in [-0.25, -0.2) is 4.98 Å². The molecule has 0 saturated heterocycles. The van der Waals surface area contributed by atoms with Crippen molar-refractivity contribution in [3.05, 3.63) is 23.4 Å². The number of carbonyl (C=O) groups excluding carboxylic acids is 2. The summed E-state index contributed by atoms with van der Waals surface area (Å²) in [5.41, 5.74) is 9.33. The lowest BCUT2D eigenvalue weighted by Gasteiger charge is -2.33. The number of nitrogens with one attached hydrogen (secondary N) is 2. The standard InChI is InChI=1S/C16H22N6O2/c1-2-18-13(23)6-5-10(17)16(24)22-8-11-14(21-9-20-11)15-12(22)4-3-7-19-15/h7,9-10H,2-6,8,17H2,1H3,(H,18,23)(H,20,21)/t10-/m0/s1. The minimum Gasteiger partial charge on any atom is -0.356 e. The van der Waals surface area contributed by atoms with Crippen LogP contribution < -0.4 is 11.1 Å². The van der Waals surface area contributed by atoms with Gasteiger partial charge in [0, 0.05) is 24.9 Å². The molecular formula is C16H22N6O2. The summed E-state index contributed by atoms with van der Waals surface area (Å²) < 4.78 is 0. The van der Waals surface area contributed by atoms with E-state index in [2.05, 4.69) is 20.3 Å². The third-order valence-corrected chi connectivity index (χ3v) is 4.23. The van der Waals surface area contributed by atoms with Crippen molar-refractivity contribution in [1.29, 1.82) is 0 Å². The van der Waals surface area contributed by atoms with Crippen molar-refractivity contribution in [2.75, 3.05) is 6.54 Å². The molecule has 2 aliphatic rings. The number of nitrogens with zero attached hydrogens (tertiary/aromatic N) is 3. The number of rotatable bonds is 5. The maximum absolute atomic E-state index is 12.8. The molecule has 0 aliphatic carbocycles. The molecule has 1 atom stereocenters. The summed E-state index contributed by atoms with van der Waals surface area (Å²) in [6.07, 6.45) is 5.55. The number of aromatic nitrogens is 2. The van der Waals surface area contributed by atoms with Crippen LogP contribution in [0.15, 0.2) is 17.0 Å². The van der Waals surface area contributed by atoms with Crippen molar-refractivity contribution >= 4 is 23.7 Å². The highest BCUT2D eigenvalue weighted by Gasteiger charge is 2.33. The molecule has 0 aromatic carbocycles. The summed E-state index contributed by atoms with van der Waals surface area (Å²) in [6, 6.07) is -0.711. The molecule has 0 radical (unpaired) electrons. The van der Waals surface area contributed by atoms with Gasteiger partial charge in [-0.3, -0.25) is 14.6 Å². The van der Waals surface area contributed by atoms with E-state index >= 15 is 0 Å². The van der Waals surface area contributed by atoms with Gasteiger partial charge in [0.25, 0.3) is 0 Å². The van der Waals surface area contributed by atoms with Crippen molar-refractivity contribution < 1.29 is 9.59 Å². The van der Waals surface area contributed by atoms with Crippen LogP contribution in [0.4, 0.5) is 0 Å². The number of aromatic amines is 1. The Labute approximate surface area is 140 Å². The third kappa shape index (κ3) is 3.09. The molecule has 0 spiro atoms. The molecule has 1 aromatic heterocycles. The van der Waals surface area contributed by atoms with E-state index in [1.165, 1.54) is 0 Å². The topological polar surface area (TPSA) is 116 Å². The lowest BCUT2D eigenvalue weighted by Crippen LogP contribution is -2.45. The lowest BCUT2D eigenvalue weighted by atomic mass is 10.0. The zero-order chi connectivity index (χ0) is 17.1. The number of hydrogen-bond acceptors (Lipinski definition) is 5. The molecule has 0 fully saturated rings. The fourth-order valence-electron chi connectivity index (χ4n) is 3.02. The van der Waals surface area contributed by atoms with Gasteiger partial charge in [-0.15, -0.1) is 0 Å². The molecule has 3 heterocycles. The summed E-state index contributed by atoms with van der Waals surface area (Å²) in [7, 11) is 0. The first-order valence-electron chi connectivity index (χ1n) is 8.23. The van der Waals surface area contributed by atoms with Crippen molar-refractivity contribution in [3.63, 3.8) is 0 Å². The molecule has 8 nitrogen and oxygen atoms in total. The predicted molar refractivity (Wildman–Crippen MR) is 89.7 cm³/mol. The predicted octanol–water partition coefficient (Wildman–Crippen LogP) is 0.529. The Hall–Kier alpha value is -2.48. The molecule has 8 heteroatoms. The number of H-pyrrole nitrogens is 1. The summed E-state index contributed by atoms with van der Waals surface area (Å²) in [6.45, 7) is 2.85. The maximum atomic E-state index is 12.8. The summed E-state index contributed by atoms with van der Waals surface area (Å²) in [4.78, 5) is 37.9. The van der Waals surface area contributed by atoms with Crippen LogP contribution in [0.25, 0.3) is 5.70 Å². The molecular weight excluding hydrogens is 308 g/mol. The van der Waals surface area contributed by atoms with Crippen LogP contribution in [0.1, 0.15) is 44.0 Å². The number of hydrogen-bond donors (Lipinski definition) is 3. The molecule has 0 bridgehead atoms. The van der Waals surface area contributed by atoms with Crippen LogP contribution in [0.3, 0.4) is 0 Å². The zero-order valence-corrected chi connectivity index (χ0v) is 13.7. The van der Waals surface area contributed by atoms with Crippen molar-refractivity contribution in [1.82, 2.24) is 20.2 Å². The van der Waals surface area contributed by atoms with Gasteiger partial charge < -0.3 is 20.9 Å². The number of fused-ring (bicyclic) bond motifs is 2. The second-order valence-electron chi connectivity index (χ2n) is 5.90. The second kappa shape index (κ2) is 6.96. The van der Waals surface area contributed by atoms with Crippen LogP contribution in [0.2, 0.25) is 0 Å². The van der Waals surface area contributed by atoms with Gasteiger partial charge in [-0.05, 0) is 26.2 Å². The number of amides is 2. The molecule has 2 aliphatic heterocycles. The first kappa shape index (κ1) is 16.4. The van der Waals surface area contributed by atoms with Gasteiger partial charge in [0.05, 0.1) is 24.6 Å². The van der Waals surface area contributed by atoms with E-state index in [9.17, 15) is 9.59 Å². The van der Waals surface area contributed by atoms with E-state index in [0.717, 1.165) is 35.6 Å². The van der Waals surface area contributed by atoms with Crippen molar-refractivity contribution in [3.8, 4) is 0 Å². The van der Waals surface area contributed by atoms with Crippen LogP contribution >= 0.6 is 0 Å². The molecule has 128 valence electrons. The largest absolute Gasteiger partial charge is 0.356 e. The Bertz CT molecular complexity index is 705. The number of nitrogens with two attached hydrogens (primary N) is 1. The highest BCUT2D eigenvalue weighted by atomic mass is 16.2. The molecule has 0 saturated carbocycles. The Balaban J connectivity index is 1.75.